The van der Waals surface area contributed by atoms with Crippen LogP contribution in [0.5, 0.6) is 11.5 Å². The normalized spacial score (nSPS) is 11.0. The second kappa shape index (κ2) is 7.35. The molecule has 22 heavy (non-hydrogen) atoms. The number of phenols is 1. The first kappa shape index (κ1) is 16.4. The van der Waals surface area contributed by atoms with Crippen LogP contribution in [0.15, 0.2) is 36.4 Å². The summed E-state index contributed by atoms with van der Waals surface area (Å²) >= 11 is 0. The average Bonchev–Trinajstić information content (AvgIpc) is 2.49. The molecular formula is C20H26O2. The zero-order chi connectivity index (χ0) is 16.1. The molecule has 0 fully saturated rings. The molecule has 1 N–H and O–H groups in total. The fourth-order valence-electron chi connectivity index (χ4n) is 2.81. The Balaban J connectivity index is 2.51. The van der Waals surface area contributed by atoms with Gasteiger partial charge in [0.1, 0.15) is 11.5 Å². The molecule has 2 heteroatoms. The van der Waals surface area contributed by atoms with Crippen molar-refractivity contribution in [1.29, 1.82) is 0 Å². The van der Waals surface area contributed by atoms with Crippen molar-refractivity contribution >= 4 is 0 Å². The largest absolute Gasteiger partial charge is 0.507 e. The van der Waals surface area contributed by atoms with Gasteiger partial charge in [0, 0.05) is 11.1 Å². The van der Waals surface area contributed by atoms with Crippen LogP contribution in [0.25, 0.3) is 11.1 Å². The van der Waals surface area contributed by atoms with Gasteiger partial charge in [-0.25, -0.2) is 0 Å². The van der Waals surface area contributed by atoms with Gasteiger partial charge in [-0.1, -0.05) is 39.3 Å². The molecule has 0 aliphatic carbocycles. The molecule has 118 valence electrons. The number of hydrogen-bond acceptors (Lipinski definition) is 2. The summed E-state index contributed by atoms with van der Waals surface area (Å²) in [7, 11) is 1.67. The molecule has 0 atom stereocenters. The Morgan fingerprint density at radius 1 is 1.00 bits per heavy atom. The lowest BCUT2D eigenvalue weighted by molar-refractivity contribution is 0.415. The summed E-state index contributed by atoms with van der Waals surface area (Å²) in [6.07, 6.45) is 3.13. The monoisotopic (exact) mass is 298 g/mol. The lowest BCUT2D eigenvalue weighted by Gasteiger charge is -2.14. The molecular weight excluding hydrogens is 272 g/mol. The van der Waals surface area contributed by atoms with Gasteiger partial charge in [-0.2, -0.15) is 0 Å². The van der Waals surface area contributed by atoms with Crippen molar-refractivity contribution in [2.24, 2.45) is 5.92 Å². The first-order valence-corrected chi connectivity index (χ1v) is 8.04. The van der Waals surface area contributed by atoms with Crippen molar-refractivity contribution in [3.63, 3.8) is 0 Å². The van der Waals surface area contributed by atoms with Gasteiger partial charge in [0.15, 0.2) is 0 Å². The van der Waals surface area contributed by atoms with Crippen molar-refractivity contribution in [1.82, 2.24) is 0 Å². The van der Waals surface area contributed by atoms with E-state index in [-0.39, 0.29) is 0 Å². The number of ether oxygens (including phenoxy) is 1. The van der Waals surface area contributed by atoms with Crippen molar-refractivity contribution < 1.29 is 9.84 Å². The lowest BCUT2D eigenvalue weighted by Crippen LogP contribution is -1.96. The van der Waals surface area contributed by atoms with E-state index in [0.29, 0.717) is 11.7 Å². The number of benzene rings is 2. The van der Waals surface area contributed by atoms with E-state index in [4.69, 9.17) is 4.74 Å². The van der Waals surface area contributed by atoms with E-state index < -0.39 is 0 Å². The molecule has 2 nitrogen and oxygen atoms in total. The summed E-state index contributed by atoms with van der Waals surface area (Å²) in [6.45, 7) is 6.59. The van der Waals surface area contributed by atoms with E-state index in [1.54, 1.807) is 13.2 Å². The Morgan fingerprint density at radius 2 is 1.68 bits per heavy atom. The molecule has 2 rings (SSSR count). The number of rotatable bonds is 6. The van der Waals surface area contributed by atoms with Crippen molar-refractivity contribution in [2.75, 3.05) is 7.11 Å². The maximum atomic E-state index is 10.3. The molecule has 0 amide bonds. The highest BCUT2D eigenvalue weighted by Gasteiger charge is 2.12. The minimum Gasteiger partial charge on any atom is -0.507 e. The summed E-state index contributed by atoms with van der Waals surface area (Å²) < 4.78 is 5.50. The Morgan fingerprint density at radius 3 is 2.32 bits per heavy atom. The van der Waals surface area contributed by atoms with Gasteiger partial charge in [0.05, 0.1) is 7.11 Å². The molecule has 0 spiro atoms. The summed E-state index contributed by atoms with van der Waals surface area (Å²) in [4.78, 5) is 0. The van der Waals surface area contributed by atoms with Crippen LogP contribution < -0.4 is 4.74 Å². The van der Waals surface area contributed by atoms with E-state index >= 15 is 0 Å². The highest BCUT2D eigenvalue weighted by Crippen LogP contribution is 2.37. The molecule has 0 aliphatic heterocycles. The van der Waals surface area contributed by atoms with Crippen LogP contribution in [0.1, 0.15) is 38.3 Å². The van der Waals surface area contributed by atoms with Crippen LogP contribution in [0, 0.1) is 5.92 Å². The van der Waals surface area contributed by atoms with E-state index in [9.17, 15) is 5.11 Å². The van der Waals surface area contributed by atoms with Gasteiger partial charge in [-0.3, -0.25) is 0 Å². The molecule has 2 aromatic carbocycles. The topological polar surface area (TPSA) is 29.5 Å². The Hall–Kier alpha value is -1.96. The second-order valence-electron chi connectivity index (χ2n) is 6.23. The summed E-state index contributed by atoms with van der Waals surface area (Å²) in [5.41, 5.74) is 4.34. The van der Waals surface area contributed by atoms with Crippen molar-refractivity contribution in [3.05, 3.63) is 47.5 Å². The molecule has 0 unspecified atom stereocenters. The fraction of sp³-hybridized carbons (Fsp3) is 0.400. The van der Waals surface area contributed by atoms with Crippen LogP contribution in [-0.4, -0.2) is 12.2 Å². The molecule has 0 aromatic heterocycles. The van der Waals surface area contributed by atoms with E-state index in [0.717, 1.165) is 36.1 Å². The molecule has 2 aromatic rings. The van der Waals surface area contributed by atoms with Crippen LogP contribution >= 0.6 is 0 Å². The maximum Gasteiger partial charge on any atom is 0.126 e. The lowest BCUT2D eigenvalue weighted by atomic mass is 9.95. The second-order valence-corrected chi connectivity index (χ2v) is 6.23. The van der Waals surface area contributed by atoms with E-state index in [1.807, 2.05) is 12.1 Å². The van der Waals surface area contributed by atoms with Gasteiger partial charge in [0.25, 0.3) is 0 Å². The minimum absolute atomic E-state index is 0.305. The van der Waals surface area contributed by atoms with Crippen molar-refractivity contribution in [3.8, 4) is 22.6 Å². The quantitative estimate of drug-likeness (QED) is 0.792. The standard InChI is InChI=1S/C20H26O2/c1-5-6-15-7-9-19(21)17(12-15)18-13-16(11-14(2)3)8-10-20(18)22-4/h7-10,12-14,21H,5-6,11H2,1-4H3. The Labute approximate surface area is 133 Å². The molecule has 0 bridgehead atoms. The number of methoxy groups -OCH3 is 1. The summed E-state index contributed by atoms with van der Waals surface area (Å²) in [6, 6.07) is 12.1. The molecule has 0 aliphatic rings. The number of hydrogen-bond donors (Lipinski definition) is 1. The van der Waals surface area contributed by atoms with Gasteiger partial charge in [-0.05, 0) is 54.2 Å². The highest BCUT2D eigenvalue weighted by molar-refractivity contribution is 5.76. The number of aryl methyl sites for hydroxylation is 1. The predicted octanol–water partition coefficient (Wildman–Crippen LogP) is 5.22. The first-order valence-electron chi connectivity index (χ1n) is 8.04. The SMILES string of the molecule is CCCc1ccc(O)c(-c2cc(CC(C)C)ccc2OC)c1. The molecule has 0 radical (unpaired) electrons. The van der Waals surface area contributed by atoms with Crippen LogP contribution in [-0.2, 0) is 12.8 Å². The Bertz CT molecular complexity index is 630. The summed E-state index contributed by atoms with van der Waals surface area (Å²) in [5, 5.41) is 10.3. The third kappa shape index (κ3) is 3.82. The number of aromatic hydroxyl groups is 1. The first-order chi connectivity index (χ1) is 10.5. The zero-order valence-corrected chi connectivity index (χ0v) is 14.0. The fourth-order valence-corrected chi connectivity index (χ4v) is 2.81. The summed E-state index contributed by atoms with van der Waals surface area (Å²) in [5.74, 6) is 1.71. The van der Waals surface area contributed by atoms with Gasteiger partial charge < -0.3 is 9.84 Å². The van der Waals surface area contributed by atoms with E-state index in [2.05, 4.69) is 39.0 Å². The van der Waals surface area contributed by atoms with Crippen LogP contribution in [0.3, 0.4) is 0 Å². The van der Waals surface area contributed by atoms with Crippen molar-refractivity contribution in [2.45, 2.75) is 40.0 Å². The Kier molecular flexibility index (Phi) is 5.48. The zero-order valence-electron chi connectivity index (χ0n) is 14.0. The minimum atomic E-state index is 0.305. The molecule has 0 heterocycles. The smallest absolute Gasteiger partial charge is 0.126 e. The third-order valence-corrected chi connectivity index (χ3v) is 3.80. The molecule has 0 saturated carbocycles. The highest BCUT2D eigenvalue weighted by atomic mass is 16.5. The molecule has 0 saturated heterocycles. The van der Waals surface area contributed by atoms with Gasteiger partial charge in [0.2, 0.25) is 0 Å². The predicted molar refractivity (Wildman–Crippen MR) is 92.6 cm³/mol. The van der Waals surface area contributed by atoms with Gasteiger partial charge in [-0.15, -0.1) is 0 Å². The average molecular weight is 298 g/mol. The van der Waals surface area contributed by atoms with Crippen LogP contribution in [0.4, 0.5) is 0 Å². The van der Waals surface area contributed by atoms with Crippen LogP contribution in [0.2, 0.25) is 0 Å². The van der Waals surface area contributed by atoms with E-state index in [1.165, 1.54) is 11.1 Å². The maximum absolute atomic E-state index is 10.3. The number of phenolic OH excluding ortho intramolecular Hbond substituents is 1. The third-order valence-electron chi connectivity index (χ3n) is 3.80. The van der Waals surface area contributed by atoms with Gasteiger partial charge >= 0.3 is 0 Å².